The molecule has 0 saturated heterocycles. The summed E-state index contributed by atoms with van der Waals surface area (Å²) in [7, 11) is 0. The van der Waals surface area contributed by atoms with Crippen LogP contribution >= 0.6 is 11.3 Å². The van der Waals surface area contributed by atoms with E-state index in [2.05, 4.69) is 29.2 Å². The van der Waals surface area contributed by atoms with Crippen molar-refractivity contribution in [2.45, 2.75) is 40.2 Å². The van der Waals surface area contributed by atoms with Crippen LogP contribution in [0.25, 0.3) is 15.9 Å². The molecule has 0 atom stereocenters. The Hall–Kier alpha value is -3.00. The molecule has 0 aliphatic carbocycles. The van der Waals surface area contributed by atoms with Crippen LogP contribution in [0.3, 0.4) is 0 Å². The molecule has 4 aromatic rings. The maximum Gasteiger partial charge on any atom is 0.352 e. The van der Waals surface area contributed by atoms with Crippen molar-refractivity contribution < 1.29 is 4.79 Å². The largest absolute Gasteiger partial charge is 0.352 e. The molecule has 0 saturated carbocycles. The molecular formula is C20H21N5O2S. The number of fused-ring (bicyclic) bond motifs is 3. The first-order chi connectivity index (χ1) is 13.3. The molecule has 8 heteroatoms. The number of hydrogen-bond acceptors (Lipinski definition) is 5. The third-order valence-electron chi connectivity index (χ3n) is 4.91. The van der Waals surface area contributed by atoms with E-state index in [4.69, 9.17) is 0 Å². The summed E-state index contributed by atoms with van der Waals surface area (Å²) in [5.74, 6) is 0.126. The predicted molar refractivity (Wildman–Crippen MR) is 111 cm³/mol. The highest BCUT2D eigenvalue weighted by atomic mass is 32.1. The summed E-state index contributed by atoms with van der Waals surface area (Å²) in [4.78, 5) is 31.4. The molecule has 28 heavy (non-hydrogen) atoms. The van der Waals surface area contributed by atoms with Crippen molar-refractivity contribution in [3.63, 3.8) is 0 Å². The van der Waals surface area contributed by atoms with E-state index < -0.39 is 0 Å². The average Bonchev–Trinajstić information content (AvgIpc) is 3.12. The minimum Gasteiger partial charge on any atom is -0.324 e. The zero-order chi connectivity index (χ0) is 20.0. The van der Waals surface area contributed by atoms with Gasteiger partial charge in [0.25, 0.3) is 0 Å². The number of amides is 1. The number of benzene rings is 1. The lowest BCUT2D eigenvalue weighted by Gasteiger charge is -2.08. The molecule has 0 bridgehead atoms. The molecule has 1 aromatic carbocycles. The summed E-state index contributed by atoms with van der Waals surface area (Å²) in [5.41, 5.74) is 3.11. The SMILES string of the molecule is Cc1sc2ncn3c(=O)n(CC(=O)Nc4ccc(C(C)C)cc4)nc3c2c1C. The van der Waals surface area contributed by atoms with Crippen molar-refractivity contribution in [2.75, 3.05) is 5.32 Å². The fraction of sp³-hybridized carbons (Fsp3) is 0.300. The normalized spacial score (nSPS) is 11.6. The van der Waals surface area contributed by atoms with Gasteiger partial charge in [0.1, 0.15) is 17.7 Å². The smallest absolute Gasteiger partial charge is 0.324 e. The number of anilines is 1. The monoisotopic (exact) mass is 395 g/mol. The van der Waals surface area contributed by atoms with Crippen LogP contribution < -0.4 is 11.0 Å². The lowest BCUT2D eigenvalue weighted by atomic mass is 10.0. The second-order valence-electron chi connectivity index (χ2n) is 7.17. The number of carbonyl (C=O) groups excluding carboxylic acids is 1. The highest BCUT2D eigenvalue weighted by Crippen LogP contribution is 2.30. The maximum atomic E-state index is 12.6. The molecule has 144 valence electrons. The number of aryl methyl sites for hydroxylation is 2. The van der Waals surface area contributed by atoms with Crippen molar-refractivity contribution in [1.29, 1.82) is 0 Å². The summed E-state index contributed by atoms with van der Waals surface area (Å²) < 4.78 is 2.58. The van der Waals surface area contributed by atoms with E-state index in [1.165, 1.54) is 21.0 Å². The van der Waals surface area contributed by atoms with Crippen molar-refractivity contribution in [2.24, 2.45) is 0 Å². The molecule has 1 amide bonds. The van der Waals surface area contributed by atoms with Crippen molar-refractivity contribution in [1.82, 2.24) is 19.2 Å². The fourth-order valence-electron chi connectivity index (χ4n) is 3.16. The highest BCUT2D eigenvalue weighted by Gasteiger charge is 2.17. The molecule has 4 rings (SSSR count). The summed E-state index contributed by atoms with van der Waals surface area (Å²) in [5, 5.41) is 8.09. The number of nitrogens with one attached hydrogen (secondary N) is 1. The number of aromatic nitrogens is 4. The van der Waals surface area contributed by atoms with Gasteiger partial charge in [-0.25, -0.2) is 18.9 Å². The minimum absolute atomic E-state index is 0.157. The Morgan fingerprint density at radius 3 is 2.61 bits per heavy atom. The number of rotatable bonds is 4. The van der Waals surface area contributed by atoms with E-state index in [0.29, 0.717) is 17.3 Å². The second-order valence-corrected chi connectivity index (χ2v) is 8.37. The fourth-order valence-corrected chi connectivity index (χ4v) is 4.15. The van der Waals surface area contributed by atoms with Gasteiger partial charge in [0.2, 0.25) is 5.91 Å². The molecule has 0 unspecified atom stereocenters. The van der Waals surface area contributed by atoms with E-state index in [0.717, 1.165) is 20.7 Å². The molecule has 0 radical (unpaired) electrons. The average molecular weight is 395 g/mol. The first kappa shape index (κ1) is 18.4. The van der Waals surface area contributed by atoms with Gasteiger partial charge in [-0.2, -0.15) is 0 Å². The summed E-state index contributed by atoms with van der Waals surface area (Å²) in [6, 6.07) is 7.71. The first-order valence-electron chi connectivity index (χ1n) is 9.09. The van der Waals surface area contributed by atoms with E-state index in [1.54, 1.807) is 11.3 Å². The summed E-state index contributed by atoms with van der Waals surface area (Å²) in [6.07, 6.45) is 1.47. The Kier molecular flexibility index (Phi) is 4.50. The van der Waals surface area contributed by atoms with E-state index in [9.17, 15) is 9.59 Å². The molecule has 7 nitrogen and oxygen atoms in total. The van der Waals surface area contributed by atoms with Crippen LogP contribution in [0.2, 0.25) is 0 Å². The topological polar surface area (TPSA) is 81.3 Å². The summed E-state index contributed by atoms with van der Waals surface area (Å²) >= 11 is 1.57. The predicted octanol–water partition coefficient (Wildman–Crippen LogP) is 3.48. The zero-order valence-electron chi connectivity index (χ0n) is 16.2. The molecule has 0 fully saturated rings. The van der Waals surface area contributed by atoms with Crippen LogP contribution in [-0.2, 0) is 11.3 Å². The van der Waals surface area contributed by atoms with Gasteiger partial charge in [0.05, 0.1) is 5.39 Å². The third kappa shape index (κ3) is 3.09. The Bertz CT molecular complexity index is 1250. The van der Waals surface area contributed by atoms with E-state index >= 15 is 0 Å². The first-order valence-corrected chi connectivity index (χ1v) is 9.90. The van der Waals surface area contributed by atoms with Gasteiger partial charge in [-0.3, -0.25) is 4.79 Å². The number of nitrogens with zero attached hydrogens (tertiary/aromatic N) is 4. The van der Waals surface area contributed by atoms with Gasteiger partial charge in [-0.15, -0.1) is 16.4 Å². The molecule has 0 aliphatic heterocycles. The lowest BCUT2D eigenvalue weighted by Crippen LogP contribution is -2.28. The highest BCUT2D eigenvalue weighted by molar-refractivity contribution is 7.18. The van der Waals surface area contributed by atoms with Crippen LogP contribution in [0.15, 0.2) is 35.4 Å². The van der Waals surface area contributed by atoms with Crippen molar-refractivity contribution >= 4 is 38.8 Å². The molecular weight excluding hydrogens is 374 g/mol. The van der Waals surface area contributed by atoms with Crippen LogP contribution in [0.4, 0.5) is 5.69 Å². The summed E-state index contributed by atoms with van der Waals surface area (Å²) in [6.45, 7) is 8.09. The van der Waals surface area contributed by atoms with Crippen LogP contribution in [0.5, 0.6) is 0 Å². The van der Waals surface area contributed by atoms with E-state index in [-0.39, 0.29) is 18.1 Å². The van der Waals surface area contributed by atoms with Gasteiger partial charge in [0, 0.05) is 10.6 Å². The number of thiophene rings is 1. The van der Waals surface area contributed by atoms with Crippen LogP contribution in [0, 0.1) is 13.8 Å². The maximum absolute atomic E-state index is 12.6. The molecule has 3 heterocycles. The van der Waals surface area contributed by atoms with Gasteiger partial charge >= 0.3 is 5.69 Å². The molecule has 3 aromatic heterocycles. The lowest BCUT2D eigenvalue weighted by molar-refractivity contribution is -0.117. The Balaban J connectivity index is 1.62. The number of hydrogen-bond donors (Lipinski definition) is 1. The Labute approximate surface area is 165 Å². The van der Waals surface area contributed by atoms with Crippen LogP contribution in [0.1, 0.15) is 35.8 Å². The Morgan fingerprint density at radius 1 is 1.21 bits per heavy atom. The standard InChI is InChI=1S/C20H21N5O2S/c1-11(2)14-5-7-15(8-6-14)22-16(26)9-25-20(27)24-10-21-19-17(18(24)23-25)12(3)13(4)28-19/h5-8,10-11H,9H2,1-4H3,(H,22,26). The van der Waals surface area contributed by atoms with Gasteiger partial charge < -0.3 is 5.32 Å². The molecule has 0 spiro atoms. The number of carbonyl (C=O) groups is 1. The zero-order valence-corrected chi connectivity index (χ0v) is 17.0. The molecule has 0 aliphatic rings. The third-order valence-corrected chi connectivity index (χ3v) is 6.02. The Morgan fingerprint density at radius 2 is 1.93 bits per heavy atom. The van der Waals surface area contributed by atoms with Gasteiger partial charge in [-0.1, -0.05) is 26.0 Å². The van der Waals surface area contributed by atoms with Crippen molar-refractivity contribution in [3.8, 4) is 0 Å². The minimum atomic E-state index is -0.377. The van der Waals surface area contributed by atoms with Crippen LogP contribution in [-0.4, -0.2) is 25.1 Å². The van der Waals surface area contributed by atoms with E-state index in [1.807, 2.05) is 38.1 Å². The van der Waals surface area contributed by atoms with Gasteiger partial charge in [0.15, 0.2) is 5.65 Å². The quantitative estimate of drug-likeness (QED) is 0.574. The van der Waals surface area contributed by atoms with Crippen molar-refractivity contribution in [3.05, 3.63) is 57.1 Å². The van der Waals surface area contributed by atoms with Gasteiger partial charge in [-0.05, 0) is 43.0 Å². The second kappa shape index (κ2) is 6.87. The molecule has 1 N–H and O–H groups in total.